The SMILES string of the molecule is Fc1ccccc1-c1nc(Br)c(Br)s1. The molecule has 0 saturated carbocycles. The maximum atomic E-state index is 13.4. The van der Waals surface area contributed by atoms with Crippen LogP contribution >= 0.6 is 43.2 Å². The molecule has 5 heteroatoms. The fraction of sp³-hybridized carbons (Fsp3) is 0. The number of benzene rings is 1. The van der Waals surface area contributed by atoms with Crippen LogP contribution in [0.15, 0.2) is 32.7 Å². The monoisotopic (exact) mass is 335 g/mol. The Balaban J connectivity index is 2.55. The van der Waals surface area contributed by atoms with Gasteiger partial charge in [0, 0.05) is 5.56 Å². The van der Waals surface area contributed by atoms with E-state index in [0.29, 0.717) is 15.2 Å². The van der Waals surface area contributed by atoms with E-state index < -0.39 is 0 Å². The lowest BCUT2D eigenvalue weighted by atomic mass is 10.2. The highest BCUT2D eigenvalue weighted by Gasteiger charge is 2.11. The molecule has 1 aromatic heterocycles. The molecule has 0 aliphatic heterocycles. The third kappa shape index (κ3) is 1.89. The first-order valence-corrected chi connectivity index (χ1v) is 6.15. The zero-order chi connectivity index (χ0) is 10.1. The summed E-state index contributed by atoms with van der Waals surface area (Å²) in [7, 11) is 0. The van der Waals surface area contributed by atoms with Gasteiger partial charge < -0.3 is 0 Å². The first kappa shape index (κ1) is 10.3. The lowest BCUT2D eigenvalue weighted by Gasteiger charge is -1.96. The molecule has 0 saturated heterocycles. The molecular weight excluding hydrogens is 333 g/mol. The Labute approximate surface area is 101 Å². The van der Waals surface area contributed by atoms with E-state index in [1.54, 1.807) is 18.2 Å². The first-order valence-electron chi connectivity index (χ1n) is 3.75. The van der Waals surface area contributed by atoms with Crippen LogP contribution < -0.4 is 0 Å². The maximum Gasteiger partial charge on any atom is 0.133 e. The van der Waals surface area contributed by atoms with E-state index in [4.69, 9.17) is 0 Å². The van der Waals surface area contributed by atoms with Crippen LogP contribution in [0.3, 0.4) is 0 Å². The smallest absolute Gasteiger partial charge is 0.133 e. The van der Waals surface area contributed by atoms with Crippen molar-refractivity contribution in [2.75, 3.05) is 0 Å². The molecule has 0 bridgehead atoms. The number of hydrogen-bond acceptors (Lipinski definition) is 2. The zero-order valence-electron chi connectivity index (χ0n) is 6.80. The Bertz CT molecular complexity index is 450. The summed E-state index contributed by atoms with van der Waals surface area (Å²) in [5, 5.41) is 0.668. The summed E-state index contributed by atoms with van der Waals surface area (Å²) < 4.78 is 14.9. The van der Waals surface area contributed by atoms with Crippen LogP contribution in [0, 0.1) is 5.82 Å². The average molecular weight is 337 g/mol. The summed E-state index contributed by atoms with van der Waals surface area (Å²) >= 11 is 7.99. The van der Waals surface area contributed by atoms with Crippen molar-refractivity contribution in [3.8, 4) is 10.6 Å². The third-order valence-corrected chi connectivity index (χ3v) is 4.76. The van der Waals surface area contributed by atoms with E-state index in [1.165, 1.54) is 17.4 Å². The molecule has 2 rings (SSSR count). The van der Waals surface area contributed by atoms with Gasteiger partial charge in [0.2, 0.25) is 0 Å². The van der Waals surface area contributed by atoms with Gasteiger partial charge in [0.1, 0.15) is 19.2 Å². The van der Waals surface area contributed by atoms with Crippen molar-refractivity contribution in [3.63, 3.8) is 0 Å². The topological polar surface area (TPSA) is 12.9 Å². The summed E-state index contributed by atoms with van der Waals surface area (Å²) in [5.74, 6) is -0.249. The van der Waals surface area contributed by atoms with Gasteiger partial charge in [0.05, 0.1) is 0 Å². The second kappa shape index (κ2) is 4.08. The fourth-order valence-corrected chi connectivity index (χ4v) is 2.83. The van der Waals surface area contributed by atoms with Gasteiger partial charge in [-0.3, -0.25) is 0 Å². The summed E-state index contributed by atoms with van der Waals surface area (Å²) in [5.41, 5.74) is 0.531. The van der Waals surface area contributed by atoms with Gasteiger partial charge in [-0.25, -0.2) is 9.37 Å². The number of rotatable bonds is 1. The van der Waals surface area contributed by atoms with E-state index >= 15 is 0 Å². The molecule has 0 unspecified atom stereocenters. The molecule has 0 radical (unpaired) electrons. The van der Waals surface area contributed by atoms with E-state index in [1.807, 2.05) is 0 Å². The number of thiazole rings is 1. The van der Waals surface area contributed by atoms with Gasteiger partial charge in [-0.05, 0) is 44.0 Å². The molecule has 1 nitrogen and oxygen atoms in total. The van der Waals surface area contributed by atoms with Crippen molar-refractivity contribution >= 4 is 43.2 Å². The average Bonchev–Trinajstić information content (AvgIpc) is 2.48. The fourth-order valence-electron chi connectivity index (χ4n) is 1.03. The van der Waals surface area contributed by atoms with Crippen molar-refractivity contribution in [2.45, 2.75) is 0 Å². The van der Waals surface area contributed by atoms with Crippen LogP contribution in [0.4, 0.5) is 4.39 Å². The minimum atomic E-state index is -0.249. The lowest BCUT2D eigenvalue weighted by molar-refractivity contribution is 0.631. The van der Waals surface area contributed by atoms with Crippen LogP contribution in [-0.4, -0.2) is 4.98 Å². The van der Waals surface area contributed by atoms with Gasteiger partial charge in [-0.15, -0.1) is 11.3 Å². The Morgan fingerprint density at radius 1 is 1.21 bits per heavy atom. The van der Waals surface area contributed by atoms with Crippen LogP contribution in [-0.2, 0) is 0 Å². The molecule has 0 atom stereocenters. The van der Waals surface area contributed by atoms with Crippen molar-refractivity contribution in [2.24, 2.45) is 0 Å². The Hall–Kier alpha value is -0.260. The number of hydrogen-bond donors (Lipinski definition) is 0. The number of halogens is 3. The largest absolute Gasteiger partial charge is 0.228 e. The molecule has 72 valence electrons. The number of aromatic nitrogens is 1. The van der Waals surface area contributed by atoms with Crippen LogP contribution in [0.5, 0.6) is 0 Å². The predicted octanol–water partition coefficient (Wildman–Crippen LogP) is 4.47. The van der Waals surface area contributed by atoms with E-state index in [9.17, 15) is 4.39 Å². The quantitative estimate of drug-likeness (QED) is 0.748. The summed E-state index contributed by atoms with van der Waals surface area (Å²) in [6.07, 6.45) is 0. The molecule has 0 fully saturated rings. The van der Waals surface area contributed by atoms with Crippen molar-refractivity contribution in [1.82, 2.24) is 4.98 Å². The van der Waals surface area contributed by atoms with Crippen molar-refractivity contribution in [3.05, 3.63) is 38.5 Å². The van der Waals surface area contributed by atoms with Crippen LogP contribution in [0.25, 0.3) is 10.6 Å². The Kier molecular flexibility index (Phi) is 2.99. The van der Waals surface area contributed by atoms with Gasteiger partial charge in [0.15, 0.2) is 0 Å². The molecule has 14 heavy (non-hydrogen) atoms. The van der Waals surface area contributed by atoms with E-state index in [2.05, 4.69) is 36.8 Å². The van der Waals surface area contributed by atoms with Crippen LogP contribution in [0.2, 0.25) is 0 Å². The highest BCUT2D eigenvalue weighted by molar-refractivity contribution is 9.13. The minimum Gasteiger partial charge on any atom is -0.228 e. The van der Waals surface area contributed by atoms with Gasteiger partial charge in [-0.2, -0.15) is 0 Å². The second-order valence-corrected chi connectivity index (χ2v) is 5.63. The molecule has 0 amide bonds. The highest BCUT2D eigenvalue weighted by atomic mass is 79.9. The number of nitrogens with zero attached hydrogens (tertiary/aromatic N) is 1. The molecule has 1 heterocycles. The van der Waals surface area contributed by atoms with Crippen molar-refractivity contribution in [1.29, 1.82) is 0 Å². The molecule has 0 N–H and O–H groups in total. The Morgan fingerprint density at radius 3 is 2.50 bits per heavy atom. The normalized spacial score (nSPS) is 10.5. The molecular formula is C9H4Br2FNS. The third-order valence-electron chi connectivity index (χ3n) is 1.65. The minimum absolute atomic E-state index is 0.249. The van der Waals surface area contributed by atoms with Gasteiger partial charge in [0.25, 0.3) is 0 Å². The summed E-state index contributed by atoms with van der Waals surface area (Å²) in [4.78, 5) is 4.19. The van der Waals surface area contributed by atoms with Crippen molar-refractivity contribution < 1.29 is 4.39 Å². The molecule has 2 aromatic rings. The highest BCUT2D eigenvalue weighted by Crippen LogP contribution is 2.35. The Morgan fingerprint density at radius 2 is 1.93 bits per heavy atom. The van der Waals surface area contributed by atoms with Crippen LogP contribution in [0.1, 0.15) is 0 Å². The molecule has 0 spiro atoms. The molecule has 1 aromatic carbocycles. The van der Waals surface area contributed by atoms with E-state index in [0.717, 1.165) is 3.79 Å². The second-order valence-electron chi connectivity index (χ2n) is 2.56. The van der Waals surface area contributed by atoms with Gasteiger partial charge in [-0.1, -0.05) is 12.1 Å². The van der Waals surface area contributed by atoms with E-state index in [-0.39, 0.29) is 5.82 Å². The molecule has 0 aliphatic rings. The standard InChI is InChI=1S/C9H4Br2FNS/c10-7-8(11)14-9(13-7)5-3-1-2-4-6(5)12/h1-4H. The zero-order valence-corrected chi connectivity index (χ0v) is 10.8. The first-order chi connectivity index (χ1) is 6.68. The van der Waals surface area contributed by atoms with Gasteiger partial charge >= 0.3 is 0 Å². The lowest BCUT2D eigenvalue weighted by Crippen LogP contribution is -1.81. The molecule has 0 aliphatic carbocycles. The summed E-state index contributed by atoms with van der Waals surface area (Å²) in [6.45, 7) is 0. The predicted molar refractivity (Wildman–Crippen MR) is 62.9 cm³/mol. The summed E-state index contributed by atoms with van der Waals surface area (Å²) in [6, 6.07) is 6.60. The maximum absolute atomic E-state index is 13.4.